The molecule has 1 fully saturated rings. The van der Waals surface area contributed by atoms with Gasteiger partial charge in [0.1, 0.15) is 0 Å². The Kier molecular flexibility index (Phi) is 5.36. The Morgan fingerprint density at radius 3 is 2.79 bits per heavy atom. The first-order valence-electron chi connectivity index (χ1n) is 10.3. The van der Waals surface area contributed by atoms with Crippen LogP contribution in [0.4, 0.5) is 0 Å². The minimum Gasteiger partial charge on any atom is -0.366 e. The normalized spacial score (nSPS) is 20.2. The van der Waals surface area contributed by atoms with Crippen molar-refractivity contribution in [1.29, 1.82) is 0 Å². The second kappa shape index (κ2) is 7.94. The quantitative estimate of drug-likeness (QED) is 0.819. The molecule has 29 heavy (non-hydrogen) atoms. The summed E-state index contributed by atoms with van der Waals surface area (Å²) in [5.41, 5.74) is 8.50. The van der Waals surface area contributed by atoms with Crippen molar-refractivity contribution in [1.82, 2.24) is 25.0 Å². The maximum absolute atomic E-state index is 12.8. The van der Waals surface area contributed by atoms with Crippen molar-refractivity contribution in [2.75, 3.05) is 26.2 Å². The summed E-state index contributed by atoms with van der Waals surface area (Å²) >= 11 is 0. The van der Waals surface area contributed by atoms with Gasteiger partial charge in [0.05, 0.1) is 28.8 Å². The van der Waals surface area contributed by atoms with Crippen LogP contribution >= 0.6 is 0 Å². The molecular formula is C21H28N6O2. The third-order valence-electron chi connectivity index (χ3n) is 5.82. The number of aromatic nitrogens is 3. The lowest BCUT2D eigenvalue weighted by molar-refractivity contribution is -0.135. The zero-order valence-corrected chi connectivity index (χ0v) is 17.0. The van der Waals surface area contributed by atoms with E-state index in [0.717, 1.165) is 37.2 Å². The first kappa shape index (κ1) is 19.6. The van der Waals surface area contributed by atoms with Crippen molar-refractivity contribution >= 4 is 28.4 Å². The summed E-state index contributed by atoms with van der Waals surface area (Å²) in [7, 11) is 0. The number of carbonyl (C=O) groups excluding carboxylic acids is 2. The molecule has 154 valence electrons. The molecule has 1 unspecified atom stereocenters. The first-order valence-corrected chi connectivity index (χ1v) is 10.3. The number of nitrogens with two attached hydrogens (primary N) is 1. The molecule has 1 saturated heterocycles. The van der Waals surface area contributed by atoms with Crippen molar-refractivity contribution in [2.24, 2.45) is 11.7 Å². The van der Waals surface area contributed by atoms with Crippen LogP contribution in [0, 0.1) is 5.92 Å². The Bertz CT molecular complexity index is 971. The number of rotatable bonds is 4. The van der Waals surface area contributed by atoms with E-state index in [2.05, 4.69) is 10.4 Å². The van der Waals surface area contributed by atoms with E-state index in [0.29, 0.717) is 36.1 Å². The molecular weight excluding hydrogens is 368 g/mol. The Morgan fingerprint density at radius 2 is 2.17 bits per heavy atom. The van der Waals surface area contributed by atoms with E-state index in [1.54, 1.807) is 16.9 Å². The maximum atomic E-state index is 12.8. The van der Waals surface area contributed by atoms with Gasteiger partial charge in [-0.15, -0.1) is 0 Å². The summed E-state index contributed by atoms with van der Waals surface area (Å²) in [5.74, 6) is -0.179. The van der Waals surface area contributed by atoms with Gasteiger partial charge in [-0.2, -0.15) is 5.10 Å². The van der Waals surface area contributed by atoms with Crippen molar-refractivity contribution in [3.63, 3.8) is 0 Å². The minimum absolute atomic E-state index is 0.0787. The molecule has 2 aromatic heterocycles. The number of nitrogens with zero attached hydrogens (tertiary/aromatic N) is 4. The maximum Gasteiger partial charge on any atom is 0.249 e. The fourth-order valence-corrected chi connectivity index (χ4v) is 4.19. The van der Waals surface area contributed by atoms with Crippen molar-refractivity contribution in [2.45, 2.75) is 39.2 Å². The number of nitrogens with one attached hydrogen (secondary N) is 1. The summed E-state index contributed by atoms with van der Waals surface area (Å²) in [6.07, 6.45) is 6.41. The van der Waals surface area contributed by atoms with Crippen LogP contribution in [0.2, 0.25) is 0 Å². The predicted molar refractivity (Wildman–Crippen MR) is 111 cm³/mol. The van der Waals surface area contributed by atoms with Crippen molar-refractivity contribution in [3.05, 3.63) is 29.6 Å². The molecule has 4 heterocycles. The average molecular weight is 396 g/mol. The first-order chi connectivity index (χ1) is 14.0. The van der Waals surface area contributed by atoms with E-state index in [9.17, 15) is 9.59 Å². The highest BCUT2D eigenvalue weighted by Crippen LogP contribution is 2.28. The minimum atomic E-state index is -0.486. The van der Waals surface area contributed by atoms with Gasteiger partial charge in [0.15, 0.2) is 5.65 Å². The van der Waals surface area contributed by atoms with E-state index < -0.39 is 5.91 Å². The molecule has 8 nitrogen and oxygen atoms in total. The summed E-state index contributed by atoms with van der Waals surface area (Å²) in [5, 5.41) is 8.36. The van der Waals surface area contributed by atoms with Crippen molar-refractivity contribution < 1.29 is 9.59 Å². The van der Waals surface area contributed by atoms with Crippen LogP contribution < -0.4 is 11.1 Å². The highest BCUT2D eigenvalue weighted by atomic mass is 16.2. The molecule has 1 atom stereocenters. The fraction of sp³-hybridized carbons (Fsp3) is 0.524. The lowest BCUT2D eigenvalue weighted by Crippen LogP contribution is -2.44. The van der Waals surface area contributed by atoms with Crippen LogP contribution in [0.5, 0.6) is 0 Å². The van der Waals surface area contributed by atoms with E-state index in [1.165, 1.54) is 0 Å². The van der Waals surface area contributed by atoms with Gasteiger partial charge in [0.2, 0.25) is 11.8 Å². The zero-order chi connectivity index (χ0) is 20.5. The largest absolute Gasteiger partial charge is 0.366 e. The number of carbonyl (C=O) groups is 2. The number of amides is 2. The van der Waals surface area contributed by atoms with Gasteiger partial charge in [-0.25, -0.2) is 9.67 Å². The molecule has 8 heteroatoms. The van der Waals surface area contributed by atoms with Gasteiger partial charge >= 0.3 is 0 Å². The molecule has 2 amide bonds. The topological polar surface area (TPSA) is 106 Å². The summed E-state index contributed by atoms with van der Waals surface area (Å²) in [6.45, 7) is 7.04. The monoisotopic (exact) mass is 396 g/mol. The number of piperidine rings is 1. The summed E-state index contributed by atoms with van der Waals surface area (Å²) in [4.78, 5) is 31.5. The number of hydrogen-bond donors (Lipinski definition) is 2. The predicted octanol–water partition coefficient (Wildman–Crippen LogP) is 1.73. The molecule has 2 aromatic rings. The molecule has 2 aliphatic heterocycles. The number of fused-ring (bicyclic) bond motifs is 1. The molecule has 0 aromatic carbocycles. The third-order valence-corrected chi connectivity index (χ3v) is 5.82. The second-order valence-corrected chi connectivity index (χ2v) is 8.15. The SMILES string of the molecule is CC(C)n1ncc2c(C(N)=O)cc(C3=CCN(C(=O)C4CCCNC4)CC3)nc21. The van der Waals surface area contributed by atoms with Crippen LogP contribution in [0.1, 0.15) is 55.2 Å². The second-order valence-electron chi connectivity index (χ2n) is 8.15. The molecule has 0 spiro atoms. The van der Waals surface area contributed by atoms with Gasteiger partial charge in [-0.1, -0.05) is 6.08 Å². The van der Waals surface area contributed by atoms with E-state index in [1.807, 2.05) is 24.8 Å². The number of primary amides is 1. The lowest BCUT2D eigenvalue weighted by atomic mass is 9.96. The number of hydrogen-bond acceptors (Lipinski definition) is 5. The van der Waals surface area contributed by atoms with Crippen molar-refractivity contribution in [3.8, 4) is 0 Å². The number of pyridine rings is 1. The molecule has 0 aliphatic carbocycles. The van der Waals surface area contributed by atoms with Gasteiger partial charge in [0.25, 0.3) is 0 Å². The van der Waals surface area contributed by atoms with Crippen LogP contribution in [-0.4, -0.2) is 57.7 Å². The van der Waals surface area contributed by atoms with Crippen LogP contribution in [0.25, 0.3) is 16.6 Å². The molecule has 0 saturated carbocycles. The van der Waals surface area contributed by atoms with Crippen LogP contribution in [0.15, 0.2) is 18.3 Å². The molecule has 3 N–H and O–H groups in total. The highest BCUT2D eigenvalue weighted by Gasteiger charge is 2.27. The van der Waals surface area contributed by atoms with Gasteiger partial charge < -0.3 is 16.0 Å². The van der Waals surface area contributed by atoms with Gasteiger partial charge in [-0.05, 0) is 51.3 Å². The molecule has 0 bridgehead atoms. The van der Waals surface area contributed by atoms with Crippen LogP contribution in [-0.2, 0) is 4.79 Å². The lowest BCUT2D eigenvalue weighted by Gasteiger charge is -2.31. The average Bonchev–Trinajstić information content (AvgIpc) is 3.17. The van der Waals surface area contributed by atoms with Crippen LogP contribution in [0.3, 0.4) is 0 Å². The Labute approximate surface area is 170 Å². The standard InChI is InChI=1S/C21H28N6O2/c1-13(2)27-20-17(12-24-27)16(19(22)28)10-18(25-20)14-5-8-26(9-6-14)21(29)15-4-3-7-23-11-15/h5,10,12-13,15,23H,3-4,6-9,11H2,1-2H3,(H2,22,28). The molecule has 2 aliphatic rings. The molecule has 0 radical (unpaired) electrons. The van der Waals surface area contributed by atoms with Gasteiger partial charge in [-0.3, -0.25) is 9.59 Å². The third kappa shape index (κ3) is 3.76. The summed E-state index contributed by atoms with van der Waals surface area (Å²) in [6, 6.07) is 1.87. The smallest absolute Gasteiger partial charge is 0.249 e. The van der Waals surface area contributed by atoms with E-state index >= 15 is 0 Å². The van der Waals surface area contributed by atoms with E-state index in [4.69, 9.17) is 10.7 Å². The Morgan fingerprint density at radius 1 is 1.34 bits per heavy atom. The summed E-state index contributed by atoms with van der Waals surface area (Å²) < 4.78 is 1.81. The van der Waals surface area contributed by atoms with E-state index in [-0.39, 0.29) is 17.9 Å². The zero-order valence-electron chi connectivity index (χ0n) is 17.0. The molecule has 4 rings (SSSR count). The fourth-order valence-electron chi connectivity index (χ4n) is 4.19. The Balaban J connectivity index is 1.61. The van der Waals surface area contributed by atoms with Gasteiger partial charge in [0, 0.05) is 25.7 Å². The Hall–Kier alpha value is -2.74. The highest BCUT2D eigenvalue weighted by molar-refractivity contribution is 6.05.